The summed E-state index contributed by atoms with van der Waals surface area (Å²) in [5.74, 6) is 1.76. The number of hydrogen-bond donors (Lipinski definition) is 0. The van der Waals surface area contributed by atoms with Crippen LogP contribution in [0.25, 0.3) is 0 Å². The molecule has 2 aromatic rings. The van der Waals surface area contributed by atoms with Gasteiger partial charge in [0, 0.05) is 38.4 Å². The summed E-state index contributed by atoms with van der Waals surface area (Å²) in [5.41, 5.74) is 3.20. The molecule has 0 unspecified atom stereocenters. The van der Waals surface area contributed by atoms with Crippen molar-refractivity contribution in [2.24, 2.45) is 0 Å². The number of nitrogens with zero attached hydrogens (tertiary/aromatic N) is 7. The second kappa shape index (κ2) is 5.70. The van der Waals surface area contributed by atoms with Gasteiger partial charge in [0.05, 0.1) is 30.6 Å². The highest BCUT2D eigenvalue weighted by Crippen LogP contribution is 2.33. The molecule has 1 fully saturated rings. The highest BCUT2D eigenvalue weighted by atomic mass is 16.5. The monoisotopic (exact) mass is 329 g/mol. The Morgan fingerprint density at radius 1 is 1.25 bits per heavy atom. The molecule has 4 rings (SSSR count). The minimum Gasteiger partial charge on any atom is -0.370 e. The number of fused-ring (bicyclic) bond motifs is 3. The van der Waals surface area contributed by atoms with Gasteiger partial charge in [0.1, 0.15) is 5.82 Å². The van der Waals surface area contributed by atoms with Crippen molar-refractivity contribution in [1.82, 2.24) is 25.0 Å². The summed E-state index contributed by atoms with van der Waals surface area (Å²) >= 11 is 0. The molecular weight excluding hydrogens is 306 g/mol. The molecule has 8 nitrogen and oxygen atoms in total. The van der Waals surface area contributed by atoms with E-state index in [9.17, 15) is 0 Å². The first-order valence-electron chi connectivity index (χ1n) is 8.32. The molecule has 24 heavy (non-hydrogen) atoms. The van der Waals surface area contributed by atoms with Crippen LogP contribution in [0.2, 0.25) is 0 Å². The van der Waals surface area contributed by atoms with Crippen LogP contribution < -0.4 is 9.80 Å². The maximum Gasteiger partial charge on any atom is 0.227 e. The van der Waals surface area contributed by atoms with E-state index in [0.717, 1.165) is 48.2 Å². The van der Waals surface area contributed by atoms with Crippen LogP contribution in [0.4, 0.5) is 11.8 Å². The van der Waals surface area contributed by atoms with Crippen molar-refractivity contribution in [3.63, 3.8) is 0 Å². The summed E-state index contributed by atoms with van der Waals surface area (Å²) in [6, 6.07) is 0.183. The molecule has 0 N–H and O–H groups in total. The topological polar surface area (TPSA) is 72.2 Å². The Bertz CT molecular complexity index is 757. The predicted octanol–water partition coefficient (Wildman–Crippen LogP) is 1.10. The minimum atomic E-state index is 0.183. The molecule has 4 heterocycles. The zero-order valence-corrected chi connectivity index (χ0v) is 14.6. The molecule has 0 amide bonds. The highest BCUT2D eigenvalue weighted by Gasteiger charge is 2.37. The summed E-state index contributed by atoms with van der Waals surface area (Å²) < 4.78 is 8.02. The summed E-state index contributed by atoms with van der Waals surface area (Å²) in [6.45, 7) is 6.49. The summed E-state index contributed by atoms with van der Waals surface area (Å²) in [7, 11) is 3.94. The van der Waals surface area contributed by atoms with E-state index >= 15 is 0 Å². The van der Waals surface area contributed by atoms with Crippen LogP contribution in [0.3, 0.4) is 0 Å². The molecule has 1 saturated heterocycles. The van der Waals surface area contributed by atoms with Gasteiger partial charge in [0.25, 0.3) is 0 Å². The third kappa shape index (κ3) is 2.41. The highest BCUT2D eigenvalue weighted by molar-refractivity contribution is 5.52. The molecular formula is C16H23N7O. The average molecular weight is 329 g/mol. The molecule has 0 spiro atoms. The van der Waals surface area contributed by atoms with Gasteiger partial charge in [-0.1, -0.05) is 5.21 Å². The average Bonchev–Trinajstić information content (AvgIpc) is 3.05. The van der Waals surface area contributed by atoms with Crippen molar-refractivity contribution in [3.8, 4) is 0 Å². The van der Waals surface area contributed by atoms with E-state index in [1.54, 1.807) is 6.20 Å². The quantitative estimate of drug-likeness (QED) is 0.817. The predicted molar refractivity (Wildman–Crippen MR) is 90.3 cm³/mol. The Labute approximate surface area is 141 Å². The lowest BCUT2D eigenvalue weighted by Crippen LogP contribution is -2.48. The van der Waals surface area contributed by atoms with Gasteiger partial charge >= 0.3 is 0 Å². The fourth-order valence-corrected chi connectivity index (χ4v) is 3.48. The number of rotatable bonds is 2. The van der Waals surface area contributed by atoms with Gasteiger partial charge in [-0.2, -0.15) is 4.98 Å². The molecule has 0 aliphatic carbocycles. The fraction of sp³-hybridized carbons (Fsp3) is 0.625. The third-order valence-electron chi connectivity index (χ3n) is 4.98. The summed E-state index contributed by atoms with van der Waals surface area (Å²) in [5, 5.41) is 8.32. The van der Waals surface area contributed by atoms with Crippen LogP contribution in [0.15, 0.2) is 6.20 Å². The Kier molecular flexibility index (Phi) is 3.64. The number of aromatic nitrogens is 5. The zero-order valence-electron chi connectivity index (χ0n) is 14.6. The van der Waals surface area contributed by atoms with E-state index in [1.807, 2.05) is 30.6 Å². The maximum atomic E-state index is 6.00. The molecule has 2 aliphatic rings. The molecule has 0 radical (unpaired) electrons. The van der Waals surface area contributed by atoms with E-state index in [-0.39, 0.29) is 12.1 Å². The zero-order chi connectivity index (χ0) is 16.8. The van der Waals surface area contributed by atoms with Crippen LogP contribution in [0.5, 0.6) is 0 Å². The van der Waals surface area contributed by atoms with Crippen molar-refractivity contribution in [2.75, 3.05) is 37.0 Å². The van der Waals surface area contributed by atoms with E-state index in [0.29, 0.717) is 6.61 Å². The number of anilines is 2. The minimum absolute atomic E-state index is 0.183. The largest absolute Gasteiger partial charge is 0.370 e. The van der Waals surface area contributed by atoms with Gasteiger partial charge < -0.3 is 14.5 Å². The van der Waals surface area contributed by atoms with E-state index < -0.39 is 0 Å². The Morgan fingerprint density at radius 2 is 2.08 bits per heavy atom. The summed E-state index contributed by atoms with van der Waals surface area (Å²) in [6.07, 6.45) is 2.95. The van der Waals surface area contributed by atoms with Crippen LogP contribution >= 0.6 is 0 Å². The van der Waals surface area contributed by atoms with E-state index in [2.05, 4.69) is 27.1 Å². The lowest BCUT2D eigenvalue weighted by atomic mass is 10.00. The molecule has 0 bridgehead atoms. The van der Waals surface area contributed by atoms with Crippen LogP contribution in [0.1, 0.15) is 29.4 Å². The molecule has 0 aromatic carbocycles. The Hall–Kier alpha value is -2.22. The molecule has 128 valence electrons. The van der Waals surface area contributed by atoms with Crippen molar-refractivity contribution in [1.29, 1.82) is 0 Å². The lowest BCUT2D eigenvalue weighted by Gasteiger charge is -2.42. The van der Waals surface area contributed by atoms with Crippen LogP contribution in [-0.2, 0) is 11.3 Å². The smallest absolute Gasteiger partial charge is 0.227 e. The van der Waals surface area contributed by atoms with Crippen molar-refractivity contribution in [3.05, 3.63) is 23.1 Å². The second-order valence-electron chi connectivity index (χ2n) is 6.77. The van der Waals surface area contributed by atoms with E-state index in [1.165, 1.54) is 0 Å². The van der Waals surface area contributed by atoms with Gasteiger partial charge in [0.15, 0.2) is 0 Å². The van der Waals surface area contributed by atoms with Gasteiger partial charge in [0.2, 0.25) is 5.95 Å². The van der Waals surface area contributed by atoms with Gasteiger partial charge in [-0.3, -0.25) is 0 Å². The Morgan fingerprint density at radius 3 is 2.88 bits per heavy atom. The Balaban J connectivity index is 1.67. The first kappa shape index (κ1) is 15.3. The third-order valence-corrected chi connectivity index (χ3v) is 4.98. The normalized spacial score (nSPS) is 22.9. The van der Waals surface area contributed by atoms with Gasteiger partial charge in [-0.25, -0.2) is 9.67 Å². The first-order chi connectivity index (χ1) is 11.5. The first-order valence-corrected chi connectivity index (χ1v) is 8.32. The molecule has 0 saturated carbocycles. The molecule has 2 atom stereocenters. The number of aryl methyl sites for hydroxylation is 1. The van der Waals surface area contributed by atoms with Crippen molar-refractivity contribution >= 4 is 11.8 Å². The van der Waals surface area contributed by atoms with Gasteiger partial charge in [-0.05, 0) is 20.3 Å². The molecule has 8 heteroatoms. The maximum absolute atomic E-state index is 6.00. The SMILES string of the molecule is Cc1nc(N(C)C)nc(N2CC[C@@H]3OCc4cnnn4[C@H]3C2)c1C. The van der Waals surface area contributed by atoms with Crippen molar-refractivity contribution < 1.29 is 4.74 Å². The fourth-order valence-electron chi connectivity index (χ4n) is 3.48. The van der Waals surface area contributed by atoms with Crippen molar-refractivity contribution in [2.45, 2.75) is 39.0 Å². The molecule has 2 aromatic heterocycles. The second-order valence-corrected chi connectivity index (χ2v) is 6.77. The molecule has 2 aliphatic heterocycles. The standard InChI is InChI=1S/C16H23N7O/c1-10-11(2)18-16(21(3)4)19-15(10)22-6-5-14-13(8-22)23-12(9-24-14)7-17-20-23/h7,13-14H,5-6,8-9H2,1-4H3/t13-,14-/m0/s1. The summed E-state index contributed by atoms with van der Waals surface area (Å²) in [4.78, 5) is 13.6. The number of ether oxygens (including phenoxy) is 1. The number of hydrogen-bond acceptors (Lipinski definition) is 7. The van der Waals surface area contributed by atoms with Gasteiger partial charge in [-0.15, -0.1) is 5.10 Å². The lowest BCUT2D eigenvalue weighted by molar-refractivity contribution is -0.0373. The van der Waals surface area contributed by atoms with Crippen LogP contribution in [-0.4, -0.2) is 58.3 Å². The number of piperidine rings is 1. The van der Waals surface area contributed by atoms with E-state index in [4.69, 9.17) is 9.72 Å². The van der Waals surface area contributed by atoms with Crippen LogP contribution in [0, 0.1) is 13.8 Å².